The lowest BCUT2D eigenvalue weighted by Gasteiger charge is -2.34. The summed E-state index contributed by atoms with van der Waals surface area (Å²) in [5.74, 6) is 0.381. The monoisotopic (exact) mass is 572 g/mol. The molecule has 10 heteroatoms. The van der Waals surface area contributed by atoms with Gasteiger partial charge < -0.3 is 19.5 Å². The predicted octanol–water partition coefficient (Wildman–Crippen LogP) is 4.57. The number of nitrogens with one attached hydrogen (secondary N) is 1. The molecule has 1 saturated heterocycles. The van der Waals surface area contributed by atoms with Gasteiger partial charge in [-0.15, -0.1) is 0 Å². The zero-order valence-corrected chi connectivity index (χ0v) is 24.0. The average Bonchev–Trinajstić information content (AvgIpc) is 3.34. The van der Waals surface area contributed by atoms with Crippen molar-refractivity contribution in [2.24, 2.45) is 0 Å². The number of para-hydroxylation sites is 1. The smallest absolute Gasteiger partial charge is 0.255 e. The number of anilines is 1. The summed E-state index contributed by atoms with van der Waals surface area (Å²) in [6.45, 7) is 4.24. The summed E-state index contributed by atoms with van der Waals surface area (Å²) >= 11 is 0. The number of piperazine rings is 1. The van der Waals surface area contributed by atoms with Gasteiger partial charge in [-0.2, -0.15) is 4.31 Å². The van der Waals surface area contributed by atoms with Gasteiger partial charge in [0.25, 0.3) is 5.91 Å². The zero-order chi connectivity index (χ0) is 29.1. The minimum absolute atomic E-state index is 0.136. The van der Waals surface area contributed by atoms with E-state index in [0.717, 1.165) is 28.4 Å². The van der Waals surface area contributed by atoms with Gasteiger partial charge >= 0.3 is 0 Å². The van der Waals surface area contributed by atoms with Gasteiger partial charge in [-0.3, -0.25) is 9.59 Å². The molecule has 1 aromatic heterocycles. The molecule has 0 bridgehead atoms. The van der Waals surface area contributed by atoms with E-state index in [1.54, 1.807) is 24.1 Å². The Morgan fingerprint density at radius 2 is 1.49 bits per heavy atom. The van der Waals surface area contributed by atoms with Crippen LogP contribution in [0.1, 0.15) is 23.0 Å². The Hall–Kier alpha value is -4.41. The fraction of sp³-hybridized carbons (Fsp3) is 0.226. The molecular weight excluding hydrogens is 540 g/mol. The Bertz CT molecular complexity index is 1660. The first-order chi connectivity index (χ1) is 19.7. The number of hydrogen-bond acceptors (Lipinski definition) is 5. The summed E-state index contributed by atoms with van der Waals surface area (Å²) < 4.78 is 35.3. The molecule has 4 aromatic rings. The van der Waals surface area contributed by atoms with Gasteiger partial charge in [-0.1, -0.05) is 18.2 Å². The van der Waals surface area contributed by atoms with E-state index in [-0.39, 0.29) is 42.9 Å². The summed E-state index contributed by atoms with van der Waals surface area (Å²) in [4.78, 5) is 26.9. The van der Waals surface area contributed by atoms with Gasteiger partial charge in [0, 0.05) is 50.2 Å². The molecule has 2 heterocycles. The van der Waals surface area contributed by atoms with E-state index < -0.39 is 10.0 Å². The van der Waals surface area contributed by atoms with E-state index in [1.165, 1.54) is 23.4 Å². The molecule has 1 aliphatic rings. The van der Waals surface area contributed by atoms with E-state index >= 15 is 0 Å². The second-order valence-corrected chi connectivity index (χ2v) is 11.8. The van der Waals surface area contributed by atoms with Crippen LogP contribution < -0.4 is 10.1 Å². The number of benzene rings is 3. The molecule has 3 aromatic carbocycles. The highest BCUT2D eigenvalue weighted by atomic mass is 32.2. The minimum atomic E-state index is -3.74. The quantitative estimate of drug-likeness (QED) is 0.350. The molecule has 1 fully saturated rings. The molecule has 9 nitrogen and oxygen atoms in total. The zero-order valence-electron chi connectivity index (χ0n) is 23.2. The Balaban J connectivity index is 1.37. The lowest BCUT2D eigenvalue weighted by molar-refractivity contribution is -0.114. The third kappa shape index (κ3) is 5.75. The number of sulfonamides is 1. The van der Waals surface area contributed by atoms with Gasteiger partial charge in [-0.25, -0.2) is 8.42 Å². The Morgan fingerprint density at radius 1 is 0.854 bits per heavy atom. The maximum Gasteiger partial charge on any atom is 0.255 e. The summed E-state index contributed by atoms with van der Waals surface area (Å²) in [5.41, 5.74) is 4.67. The molecule has 0 atom stereocenters. The van der Waals surface area contributed by atoms with E-state index in [2.05, 4.69) is 9.88 Å². The van der Waals surface area contributed by atoms with E-state index in [9.17, 15) is 18.0 Å². The van der Waals surface area contributed by atoms with Crippen molar-refractivity contribution in [3.63, 3.8) is 0 Å². The standard InChI is InChI=1S/C31H32N4O5S/c1-22-29(21-30(24-9-13-27(40-3)14-10-24)35(22)26-7-5-4-6-8-26)31(37)33-17-19-34(20-18-33)41(38,39)28-15-11-25(12-16-28)32-23(2)36/h4-16,21H,17-20H2,1-3H3,(H,32,36). The van der Waals surface area contributed by atoms with E-state index in [1.807, 2.05) is 67.6 Å². The van der Waals surface area contributed by atoms with Crippen LogP contribution >= 0.6 is 0 Å². The first kappa shape index (κ1) is 28.1. The van der Waals surface area contributed by atoms with Gasteiger partial charge in [0.1, 0.15) is 5.75 Å². The minimum Gasteiger partial charge on any atom is -0.497 e. The highest BCUT2D eigenvalue weighted by Gasteiger charge is 2.32. The van der Waals surface area contributed by atoms with Crippen molar-refractivity contribution in [1.29, 1.82) is 0 Å². The van der Waals surface area contributed by atoms with Crippen molar-refractivity contribution in [2.75, 3.05) is 38.6 Å². The molecule has 0 aliphatic carbocycles. The number of nitrogens with zero attached hydrogens (tertiary/aromatic N) is 3. The summed E-state index contributed by atoms with van der Waals surface area (Å²) in [5, 5.41) is 2.63. The van der Waals surface area contributed by atoms with Crippen LogP contribution in [-0.4, -0.2) is 67.3 Å². The number of aromatic nitrogens is 1. The van der Waals surface area contributed by atoms with Crippen molar-refractivity contribution in [3.05, 3.63) is 96.2 Å². The van der Waals surface area contributed by atoms with Crippen LogP contribution in [0.4, 0.5) is 5.69 Å². The Morgan fingerprint density at radius 3 is 2.07 bits per heavy atom. The highest BCUT2D eigenvalue weighted by Crippen LogP contribution is 2.32. The van der Waals surface area contributed by atoms with Crippen LogP contribution in [-0.2, 0) is 14.8 Å². The van der Waals surface area contributed by atoms with Gasteiger partial charge in [-0.05, 0) is 79.2 Å². The van der Waals surface area contributed by atoms with E-state index in [0.29, 0.717) is 11.3 Å². The highest BCUT2D eigenvalue weighted by molar-refractivity contribution is 7.89. The lowest BCUT2D eigenvalue weighted by atomic mass is 10.1. The van der Waals surface area contributed by atoms with Gasteiger partial charge in [0.15, 0.2) is 0 Å². The SMILES string of the molecule is COc1ccc(-c2cc(C(=O)N3CCN(S(=O)(=O)c4ccc(NC(C)=O)cc4)CC3)c(C)n2-c2ccccc2)cc1. The Labute approximate surface area is 240 Å². The number of hydrogen-bond donors (Lipinski definition) is 1. The van der Waals surface area contributed by atoms with Crippen LogP contribution in [0.5, 0.6) is 5.75 Å². The molecule has 212 valence electrons. The van der Waals surface area contributed by atoms with Gasteiger partial charge in [0.2, 0.25) is 15.9 Å². The van der Waals surface area contributed by atoms with Gasteiger partial charge in [0.05, 0.1) is 23.3 Å². The average molecular weight is 573 g/mol. The summed E-state index contributed by atoms with van der Waals surface area (Å²) in [6, 6.07) is 25.6. The topological polar surface area (TPSA) is 101 Å². The molecule has 1 N–H and O–H groups in total. The number of carbonyl (C=O) groups is 2. The predicted molar refractivity (Wildman–Crippen MR) is 158 cm³/mol. The fourth-order valence-corrected chi connectivity index (χ4v) is 6.49. The maximum absolute atomic E-state index is 13.8. The van der Waals surface area contributed by atoms with Crippen LogP contribution in [0.2, 0.25) is 0 Å². The van der Waals surface area contributed by atoms with Crippen molar-refractivity contribution >= 4 is 27.5 Å². The molecule has 2 amide bonds. The molecule has 41 heavy (non-hydrogen) atoms. The van der Waals surface area contributed by atoms with Crippen LogP contribution in [0.3, 0.4) is 0 Å². The number of amides is 2. The number of methoxy groups -OCH3 is 1. The number of rotatable bonds is 7. The second kappa shape index (κ2) is 11.6. The molecule has 0 unspecified atom stereocenters. The summed E-state index contributed by atoms with van der Waals surface area (Å²) in [6.07, 6.45) is 0. The molecule has 5 rings (SSSR count). The van der Waals surface area contributed by atoms with E-state index in [4.69, 9.17) is 4.74 Å². The first-order valence-corrected chi connectivity index (χ1v) is 14.7. The maximum atomic E-state index is 13.8. The molecule has 0 saturated carbocycles. The van der Waals surface area contributed by atoms with Crippen molar-refractivity contribution in [2.45, 2.75) is 18.7 Å². The first-order valence-electron chi connectivity index (χ1n) is 13.3. The molecule has 0 radical (unpaired) electrons. The second-order valence-electron chi connectivity index (χ2n) is 9.83. The number of carbonyl (C=O) groups excluding carboxylic acids is 2. The van der Waals surface area contributed by atoms with Crippen LogP contribution in [0.15, 0.2) is 89.8 Å². The van der Waals surface area contributed by atoms with Crippen LogP contribution in [0.25, 0.3) is 16.9 Å². The normalized spacial score (nSPS) is 14.1. The third-order valence-corrected chi connectivity index (χ3v) is 9.13. The number of ether oxygens (including phenoxy) is 1. The summed E-state index contributed by atoms with van der Waals surface area (Å²) in [7, 11) is -2.12. The molecule has 1 aliphatic heterocycles. The Kier molecular flexibility index (Phi) is 7.96. The van der Waals surface area contributed by atoms with Crippen LogP contribution in [0, 0.1) is 6.92 Å². The fourth-order valence-electron chi connectivity index (χ4n) is 5.07. The largest absolute Gasteiger partial charge is 0.497 e. The lowest BCUT2D eigenvalue weighted by Crippen LogP contribution is -2.50. The molecular formula is C31H32N4O5S. The van der Waals surface area contributed by atoms with Crippen molar-refractivity contribution in [1.82, 2.24) is 13.8 Å². The molecule has 0 spiro atoms. The van der Waals surface area contributed by atoms with Crippen molar-refractivity contribution < 1.29 is 22.7 Å². The third-order valence-electron chi connectivity index (χ3n) is 7.22. The van der Waals surface area contributed by atoms with Crippen molar-refractivity contribution in [3.8, 4) is 22.7 Å².